The molecule has 1 aromatic rings. The van der Waals surface area contributed by atoms with E-state index in [1.165, 1.54) is 0 Å². The Morgan fingerprint density at radius 2 is 1.72 bits per heavy atom. The number of nitrogens with zero attached hydrogens (tertiary/aromatic N) is 1. The second-order valence-corrected chi connectivity index (χ2v) is 3.28. The minimum Gasteiger partial charge on any atom is -0.497 e. The summed E-state index contributed by atoms with van der Waals surface area (Å²) in [6, 6.07) is 7.68. The lowest BCUT2D eigenvalue weighted by Crippen LogP contribution is -2.07. The van der Waals surface area contributed by atoms with Crippen molar-refractivity contribution < 1.29 is 4.74 Å². The third kappa shape index (κ3) is 7.60. The molecule has 3 nitrogen and oxygen atoms in total. The zero-order valence-electron chi connectivity index (χ0n) is 12.8. The minimum atomic E-state index is 0.730. The van der Waals surface area contributed by atoms with E-state index in [2.05, 4.69) is 0 Å². The van der Waals surface area contributed by atoms with Crippen LogP contribution in [0.25, 0.3) is 5.70 Å². The molecule has 2 N–H and O–H groups in total. The van der Waals surface area contributed by atoms with E-state index in [4.69, 9.17) is 10.5 Å². The van der Waals surface area contributed by atoms with Gasteiger partial charge in [-0.05, 0) is 12.1 Å². The zero-order chi connectivity index (χ0) is 14.6. The molecule has 0 fully saturated rings. The summed E-state index contributed by atoms with van der Waals surface area (Å²) in [6.45, 7) is 8.00. The monoisotopic (exact) mass is 252 g/mol. The van der Waals surface area contributed by atoms with Crippen LogP contribution in [0.2, 0.25) is 0 Å². The highest BCUT2D eigenvalue weighted by Crippen LogP contribution is 2.16. The molecule has 1 rings (SSSR count). The van der Waals surface area contributed by atoms with Crippen molar-refractivity contribution in [2.24, 2.45) is 5.73 Å². The fourth-order valence-corrected chi connectivity index (χ4v) is 1.16. The number of methoxy groups -OCH3 is 1. The molecule has 104 valence electrons. The molecule has 0 radical (unpaired) electrons. The van der Waals surface area contributed by atoms with Crippen molar-refractivity contribution in [1.29, 1.82) is 0 Å². The fraction of sp³-hybridized carbons (Fsp3) is 0.467. The Morgan fingerprint density at radius 1 is 1.17 bits per heavy atom. The SMILES string of the molecule is CC.CC.COc1cccc(/C(N)=C/N(C)C)c1. The van der Waals surface area contributed by atoms with Gasteiger partial charge in [0.15, 0.2) is 0 Å². The van der Waals surface area contributed by atoms with Gasteiger partial charge in [0.05, 0.1) is 12.8 Å². The van der Waals surface area contributed by atoms with Crippen LogP contribution < -0.4 is 10.5 Å². The molecule has 3 heteroatoms. The van der Waals surface area contributed by atoms with E-state index in [-0.39, 0.29) is 0 Å². The van der Waals surface area contributed by atoms with E-state index in [0.29, 0.717) is 0 Å². The van der Waals surface area contributed by atoms with Crippen molar-refractivity contribution in [3.8, 4) is 5.75 Å². The normalized spacial score (nSPS) is 9.39. The number of hydrogen-bond donors (Lipinski definition) is 1. The molecular weight excluding hydrogens is 224 g/mol. The molecule has 0 saturated carbocycles. The Kier molecular flexibility index (Phi) is 12.3. The van der Waals surface area contributed by atoms with Crippen LogP contribution in [0.1, 0.15) is 33.3 Å². The third-order valence-corrected chi connectivity index (χ3v) is 1.80. The highest BCUT2D eigenvalue weighted by Gasteiger charge is 1.98. The van der Waals surface area contributed by atoms with Crippen LogP contribution in [0.5, 0.6) is 5.75 Å². The lowest BCUT2D eigenvalue weighted by Gasteiger charge is -2.09. The smallest absolute Gasteiger partial charge is 0.119 e. The molecule has 0 bridgehead atoms. The summed E-state index contributed by atoms with van der Waals surface area (Å²) in [6.07, 6.45) is 1.87. The molecule has 0 aliphatic heterocycles. The quantitative estimate of drug-likeness (QED) is 0.894. The van der Waals surface area contributed by atoms with E-state index in [1.807, 2.05) is 77.2 Å². The molecule has 0 amide bonds. The Balaban J connectivity index is 0. The summed E-state index contributed by atoms with van der Waals surface area (Å²) in [4.78, 5) is 1.91. The Labute approximate surface area is 112 Å². The van der Waals surface area contributed by atoms with Crippen LogP contribution in [0.15, 0.2) is 30.5 Å². The van der Waals surface area contributed by atoms with E-state index >= 15 is 0 Å². The van der Waals surface area contributed by atoms with E-state index in [1.54, 1.807) is 7.11 Å². The first kappa shape index (κ1) is 18.7. The lowest BCUT2D eigenvalue weighted by molar-refractivity contribution is 0.414. The maximum atomic E-state index is 5.88. The first-order chi connectivity index (χ1) is 8.63. The Morgan fingerprint density at radius 3 is 2.17 bits per heavy atom. The van der Waals surface area contributed by atoms with Crippen molar-refractivity contribution in [3.05, 3.63) is 36.0 Å². The Hall–Kier alpha value is -1.64. The van der Waals surface area contributed by atoms with Crippen molar-refractivity contribution >= 4 is 5.70 Å². The van der Waals surface area contributed by atoms with Gasteiger partial charge in [-0.3, -0.25) is 0 Å². The van der Waals surface area contributed by atoms with Gasteiger partial charge in [-0.2, -0.15) is 0 Å². The van der Waals surface area contributed by atoms with Crippen LogP contribution >= 0.6 is 0 Å². The molecule has 18 heavy (non-hydrogen) atoms. The molecule has 0 aliphatic rings. The predicted octanol–water partition coefficient (Wildman–Crippen LogP) is 3.57. The number of rotatable bonds is 3. The average Bonchev–Trinajstić information content (AvgIpc) is 2.42. The molecular formula is C15H28N2O. The molecule has 0 unspecified atom stereocenters. The van der Waals surface area contributed by atoms with E-state index in [0.717, 1.165) is 17.0 Å². The number of hydrogen-bond acceptors (Lipinski definition) is 3. The second kappa shape index (κ2) is 11.8. The van der Waals surface area contributed by atoms with E-state index < -0.39 is 0 Å². The van der Waals surface area contributed by atoms with Crippen LogP contribution in [-0.4, -0.2) is 26.1 Å². The Bertz CT molecular complexity index is 333. The summed E-state index contributed by atoms with van der Waals surface area (Å²) in [5.41, 5.74) is 7.58. The lowest BCUT2D eigenvalue weighted by atomic mass is 10.1. The molecule has 0 heterocycles. The van der Waals surface area contributed by atoms with Gasteiger partial charge in [-0.25, -0.2) is 0 Å². The first-order valence-corrected chi connectivity index (χ1v) is 6.41. The van der Waals surface area contributed by atoms with Crippen LogP contribution in [-0.2, 0) is 0 Å². The summed E-state index contributed by atoms with van der Waals surface area (Å²) >= 11 is 0. The minimum absolute atomic E-state index is 0.730. The molecule has 0 aliphatic carbocycles. The van der Waals surface area contributed by atoms with Crippen LogP contribution in [0.4, 0.5) is 0 Å². The summed E-state index contributed by atoms with van der Waals surface area (Å²) in [5.74, 6) is 0.817. The number of nitrogens with two attached hydrogens (primary N) is 1. The van der Waals surface area contributed by atoms with Gasteiger partial charge >= 0.3 is 0 Å². The van der Waals surface area contributed by atoms with Crippen molar-refractivity contribution in [2.75, 3.05) is 21.2 Å². The predicted molar refractivity (Wildman–Crippen MR) is 81.5 cm³/mol. The maximum absolute atomic E-state index is 5.88. The summed E-state index contributed by atoms with van der Waals surface area (Å²) in [5, 5.41) is 0. The zero-order valence-corrected chi connectivity index (χ0v) is 12.8. The molecule has 0 spiro atoms. The third-order valence-electron chi connectivity index (χ3n) is 1.80. The van der Waals surface area contributed by atoms with Gasteiger partial charge in [0.2, 0.25) is 0 Å². The van der Waals surface area contributed by atoms with Gasteiger partial charge in [-0.1, -0.05) is 39.8 Å². The van der Waals surface area contributed by atoms with Gasteiger partial charge in [-0.15, -0.1) is 0 Å². The largest absolute Gasteiger partial charge is 0.497 e. The summed E-state index contributed by atoms with van der Waals surface area (Å²) < 4.78 is 5.11. The van der Waals surface area contributed by atoms with Gasteiger partial charge in [0.1, 0.15) is 5.75 Å². The molecule has 1 aromatic carbocycles. The number of ether oxygens (including phenoxy) is 1. The van der Waals surface area contributed by atoms with Gasteiger partial charge < -0.3 is 15.4 Å². The highest BCUT2D eigenvalue weighted by molar-refractivity contribution is 5.63. The number of benzene rings is 1. The summed E-state index contributed by atoms with van der Waals surface area (Å²) in [7, 11) is 5.52. The molecule has 0 atom stereocenters. The molecule has 0 saturated heterocycles. The van der Waals surface area contributed by atoms with Crippen molar-refractivity contribution in [1.82, 2.24) is 4.90 Å². The first-order valence-electron chi connectivity index (χ1n) is 6.41. The maximum Gasteiger partial charge on any atom is 0.119 e. The average molecular weight is 252 g/mol. The highest BCUT2D eigenvalue weighted by atomic mass is 16.5. The van der Waals surface area contributed by atoms with Crippen molar-refractivity contribution in [2.45, 2.75) is 27.7 Å². The van der Waals surface area contributed by atoms with Crippen LogP contribution in [0, 0.1) is 0 Å². The van der Waals surface area contributed by atoms with E-state index in [9.17, 15) is 0 Å². The topological polar surface area (TPSA) is 38.5 Å². The molecule has 0 aromatic heterocycles. The fourth-order valence-electron chi connectivity index (χ4n) is 1.16. The van der Waals surface area contributed by atoms with Crippen molar-refractivity contribution in [3.63, 3.8) is 0 Å². The van der Waals surface area contributed by atoms with Gasteiger partial charge in [0.25, 0.3) is 0 Å². The second-order valence-electron chi connectivity index (χ2n) is 3.28. The van der Waals surface area contributed by atoms with Gasteiger partial charge in [0, 0.05) is 25.9 Å². The van der Waals surface area contributed by atoms with Crippen LogP contribution in [0.3, 0.4) is 0 Å². The standard InChI is InChI=1S/C11H16N2O.2C2H6/c1-13(2)8-11(12)9-5-4-6-10(7-9)14-3;2*1-2/h4-8H,12H2,1-3H3;2*1-2H3/b11-8-;;.